The van der Waals surface area contributed by atoms with Gasteiger partial charge in [-0.25, -0.2) is 0 Å². The Morgan fingerprint density at radius 1 is 0.963 bits per heavy atom. The van der Waals surface area contributed by atoms with Crippen molar-refractivity contribution in [1.29, 1.82) is 0 Å². The molecule has 2 bridgehead atoms. The molecule has 143 valence electrons. The van der Waals surface area contributed by atoms with E-state index in [2.05, 4.69) is 29.2 Å². The van der Waals surface area contributed by atoms with Gasteiger partial charge in [-0.3, -0.25) is 14.4 Å². The molecule has 1 aliphatic carbocycles. The first-order chi connectivity index (χ1) is 13.1. The zero-order chi connectivity index (χ0) is 19.5. The van der Waals surface area contributed by atoms with Crippen molar-refractivity contribution in [2.45, 2.75) is 44.9 Å². The van der Waals surface area contributed by atoms with Crippen molar-refractivity contribution in [3.8, 4) is 0 Å². The van der Waals surface area contributed by atoms with Gasteiger partial charge in [0, 0.05) is 24.8 Å². The Labute approximate surface area is 161 Å². The summed E-state index contributed by atoms with van der Waals surface area (Å²) in [5, 5.41) is 5.38. The van der Waals surface area contributed by atoms with E-state index in [1.54, 1.807) is 19.2 Å². The van der Waals surface area contributed by atoms with Gasteiger partial charge in [0.15, 0.2) is 0 Å². The first-order valence-corrected chi connectivity index (χ1v) is 9.47. The Hall–Kier alpha value is -2.69. The number of likely N-dealkylation sites (N-methyl/N-ethyl adjacent to an activating group) is 1. The molecular weight excluding hydrogens is 340 g/mol. The van der Waals surface area contributed by atoms with Crippen LogP contribution in [0.5, 0.6) is 0 Å². The van der Waals surface area contributed by atoms with Gasteiger partial charge in [-0.2, -0.15) is 0 Å². The van der Waals surface area contributed by atoms with Crippen molar-refractivity contribution in [3.05, 3.63) is 65.9 Å². The monoisotopic (exact) mass is 367 g/mol. The number of hydrogen-bond acceptors (Lipinski definition) is 4. The molecule has 1 radical (unpaired) electrons. The fourth-order valence-corrected chi connectivity index (χ4v) is 3.04. The molecule has 2 rings (SSSR count). The average molecular weight is 367 g/mol. The molecule has 0 aromatic carbocycles. The first kappa shape index (κ1) is 20.6. The number of ketones is 2. The molecule has 0 aromatic rings. The number of rotatable bonds is 1. The molecule has 27 heavy (non-hydrogen) atoms. The summed E-state index contributed by atoms with van der Waals surface area (Å²) in [5.41, 5.74) is 0.834. The molecule has 0 saturated heterocycles. The second kappa shape index (κ2) is 11.1. The van der Waals surface area contributed by atoms with Gasteiger partial charge in [-0.1, -0.05) is 43.2 Å². The fraction of sp³-hybridized carbons (Fsp3) is 0.364. The van der Waals surface area contributed by atoms with E-state index < -0.39 is 5.91 Å². The third-order valence-electron chi connectivity index (χ3n) is 4.44. The minimum Gasteiger partial charge on any atom is -0.385 e. The lowest BCUT2D eigenvalue weighted by atomic mass is 9.92. The highest BCUT2D eigenvalue weighted by Gasteiger charge is 2.28. The summed E-state index contributed by atoms with van der Waals surface area (Å²) < 4.78 is 0. The highest BCUT2D eigenvalue weighted by atomic mass is 16.2. The maximum atomic E-state index is 12.7. The topological polar surface area (TPSA) is 75.3 Å². The van der Waals surface area contributed by atoms with Crippen LogP contribution in [0.4, 0.5) is 0 Å². The van der Waals surface area contributed by atoms with Crippen molar-refractivity contribution in [3.63, 3.8) is 0 Å². The van der Waals surface area contributed by atoms with Gasteiger partial charge in [-0.15, -0.1) is 0 Å². The van der Waals surface area contributed by atoms with E-state index in [1.807, 2.05) is 6.08 Å². The number of carbonyl (C=O) groups is 3. The Balaban J connectivity index is 2.16. The Kier molecular flexibility index (Phi) is 8.49. The number of hydrogen-bond donors (Lipinski definition) is 2. The highest BCUT2D eigenvalue weighted by molar-refractivity contribution is 6.23. The highest BCUT2D eigenvalue weighted by Crippen LogP contribution is 2.22. The number of nitrogens with one attached hydrogen (secondary N) is 2. The molecule has 0 unspecified atom stereocenters. The van der Waals surface area contributed by atoms with Crippen molar-refractivity contribution >= 4 is 17.5 Å². The van der Waals surface area contributed by atoms with Crippen molar-refractivity contribution < 1.29 is 14.4 Å². The summed E-state index contributed by atoms with van der Waals surface area (Å²) in [4.78, 5) is 37.1. The molecule has 2 aliphatic rings. The molecule has 0 atom stereocenters. The van der Waals surface area contributed by atoms with Gasteiger partial charge in [0.25, 0.3) is 0 Å². The van der Waals surface area contributed by atoms with Crippen molar-refractivity contribution in [2.24, 2.45) is 0 Å². The molecule has 1 aliphatic heterocycles. The molecule has 5 heteroatoms. The van der Waals surface area contributed by atoms with Crippen LogP contribution in [0.3, 0.4) is 0 Å². The van der Waals surface area contributed by atoms with Crippen LogP contribution in [0.25, 0.3) is 0 Å². The molecule has 1 heterocycles. The van der Waals surface area contributed by atoms with E-state index in [0.29, 0.717) is 17.7 Å². The summed E-state index contributed by atoms with van der Waals surface area (Å²) in [6.45, 7) is 0. The molecule has 1 amide bonds. The van der Waals surface area contributed by atoms with E-state index in [4.69, 9.17) is 0 Å². The lowest BCUT2D eigenvalue weighted by molar-refractivity contribution is -0.119. The van der Waals surface area contributed by atoms with Gasteiger partial charge in [0.1, 0.15) is 0 Å². The minimum atomic E-state index is -0.430. The third kappa shape index (κ3) is 6.51. The number of Topliss-reactive ketones (excluding diaryl/α,β-unsaturated/α-hetero) is 1. The predicted octanol–water partition coefficient (Wildman–Crippen LogP) is 3.23. The smallest absolute Gasteiger partial charge is 0.248 e. The third-order valence-corrected chi connectivity index (χ3v) is 4.44. The largest absolute Gasteiger partial charge is 0.385 e. The van der Waals surface area contributed by atoms with E-state index in [9.17, 15) is 14.4 Å². The van der Waals surface area contributed by atoms with E-state index in [-0.39, 0.29) is 17.3 Å². The Bertz CT molecular complexity index is 724. The average Bonchev–Trinajstić information content (AvgIpc) is 2.64. The maximum absolute atomic E-state index is 12.7. The second-order valence-corrected chi connectivity index (χ2v) is 6.48. The molecule has 0 aromatic heterocycles. The van der Waals surface area contributed by atoms with Crippen LogP contribution in [-0.2, 0) is 14.4 Å². The minimum absolute atomic E-state index is 0.0445. The van der Waals surface area contributed by atoms with Crippen LogP contribution < -0.4 is 10.6 Å². The summed E-state index contributed by atoms with van der Waals surface area (Å²) >= 11 is 0. The van der Waals surface area contributed by atoms with E-state index in [1.165, 1.54) is 12.2 Å². The Morgan fingerprint density at radius 2 is 1.78 bits per heavy atom. The normalized spacial score (nSPS) is 20.5. The summed E-state index contributed by atoms with van der Waals surface area (Å²) in [6.07, 6.45) is 20.6. The Morgan fingerprint density at radius 3 is 2.59 bits per heavy atom. The fourth-order valence-electron chi connectivity index (χ4n) is 3.04. The number of allylic oxidation sites excluding steroid dienone is 7. The van der Waals surface area contributed by atoms with Crippen LogP contribution in [0, 0.1) is 6.42 Å². The van der Waals surface area contributed by atoms with Crippen LogP contribution in [0.1, 0.15) is 44.9 Å². The molecule has 0 saturated carbocycles. The summed E-state index contributed by atoms with van der Waals surface area (Å²) in [5.74, 6) is -0.995. The van der Waals surface area contributed by atoms with Crippen molar-refractivity contribution in [2.75, 3.05) is 7.05 Å². The van der Waals surface area contributed by atoms with Gasteiger partial charge < -0.3 is 10.6 Å². The first-order valence-electron chi connectivity index (χ1n) is 9.47. The second-order valence-electron chi connectivity index (χ2n) is 6.48. The number of fused-ring (bicyclic) bond motifs is 2. The number of amides is 1. The van der Waals surface area contributed by atoms with E-state index in [0.717, 1.165) is 38.5 Å². The lowest BCUT2D eigenvalue weighted by Gasteiger charge is -2.19. The molecule has 5 nitrogen and oxygen atoms in total. The number of carbonyl (C=O) groups excluding carboxylic acids is 3. The molecule has 0 fully saturated rings. The quantitative estimate of drug-likeness (QED) is 0.698. The SMILES string of the molecule is CNC1=C2CCCCCCC=C[CH]CC=CC=CC(=O)NC(=CC1=O)C2=O. The molecule has 2 N–H and O–H groups in total. The zero-order valence-electron chi connectivity index (χ0n) is 15.8. The van der Waals surface area contributed by atoms with Crippen molar-refractivity contribution in [1.82, 2.24) is 10.6 Å². The van der Waals surface area contributed by atoms with Crippen LogP contribution in [0.15, 0.2) is 59.5 Å². The molecule has 0 spiro atoms. The standard InChI is InChI=1S/C22H27N2O3/c1-23-21-17-14-12-10-8-6-4-2-3-5-7-9-11-13-15-20(26)24-18(22(17)27)16-19(21)25/h2-3,5,9,11,13,15-16,23H,4,6-8,10,12,14H2,1H3,(H,24,26). The van der Waals surface area contributed by atoms with Gasteiger partial charge in [0.05, 0.1) is 11.4 Å². The zero-order valence-corrected chi connectivity index (χ0v) is 15.8. The van der Waals surface area contributed by atoms with E-state index >= 15 is 0 Å². The summed E-state index contributed by atoms with van der Waals surface area (Å²) in [7, 11) is 1.64. The predicted molar refractivity (Wildman–Crippen MR) is 106 cm³/mol. The van der Waals surface area contributed by atoms with Crippen LogP contribution >= 0.6 is 0 Å². The maximum Gasteiger partial charge on any atom is 0.248 e. The van der Waals surface area contributed by atoms with Crippen LogP contribution in [-0.4, -0.2) is 24.5 Å². The van der Waals surface area contributed by atoms with Crippen LogP contribution in [0.2, 0.25) is 0 Å². The van der Waals surface area contributed by atoms with Gasteiger partial charge in [0.2, 0.25) is 17.5 Å². The van der Waals surface area contributed by atoms with Gasteiger partial charge >= 0.3 is 0 Å². The molecular formula is C22H27N2O3. The van der Waals surface area contributed by atoms with Gasteiger partial charge in [-0.05, 0) is 38.5 Å². The summed E-state index contributed by atoms with van der Waals surface area (Å²) in [6, 6.07) is 0. The lowest BCUT2D eigenvalue weighted by Crippen LogP contribution is -2.34.